The van der Waals surface area contributed by atoms with E-state index >= 15 is 0 Å². The van der Waals surface area contributed by atoms with E-state index in [1.807, 2.05) is 0 Å². The predicted octanol–water partition coefficient (Wildman–Crippen LogP) is 4.08. The third kappa shape index (κ3) is 4.31. The van der Waals surface area contributed by atoms with Crippen molar-refractivity contribution in [1.82, 2.24) is 5.32 Å². The Morgan fingerprint density at radius 3 is 2.35 bits per heavy atom. The first-order valence-electron chi connectivity index (χ1n) is 7.99. The zero-order chi connectivity index (χ0) is 16.1. The Balaban J connectivity index is 1.53. The molecular weight excluding hydrogens is 293 g/mol. The summed E-state index contributed by atoms with van der Waals surface area (Å²) in [4.78, 5) is 12.1. The molecule has 0 atom stereocenters. The van der Waals surface area contributed by atoms with Crippen molar-refractivity contribution in [2.24, 2.45) is 0 Å². The number of carbonyl (C=O) groups is 1. The smallest absolute Gasteiger partial charge is 0.251 e. The number of amides is 1. The molecule has 1 N–H and O–H groups in total. The molecule has 4 heteroatoms. The molecule has 0 radical (unpaired) electrons. The van der Waals surface area contributed by atoms with Gasteiger partial charge in [0.2, 0.25) is 0 Å². The van der Waals surface area contributed by atoms with E-state index in [4.69, 9.17) is 4.74 Å². The molecule has 3 nitrogen and oxygen atoms in total. The standard InChI is InChI=1S/C19H20FNO2/c20-16-9-5-14(6-10-16)13-23-18-11-7-15(8-12-18)19(22)21-17-3-1-2-4-17/h5-12,17H,1-4,13H2,(H,21,22). The van der Waals surface area contributed by atoms with Crippen LogP contribution in [0.25, 0.3) is 0 Å². The van der Waals surface area contributed by atoms with Crippen molar-refractivity contribution >= 4 is 5.91 Å². The van der Waals surface area contributed by atoms with Crippen LogP contribution in [0.2, 0.25) is 0 Å². The Morgan fingerprint density at radius 1 is 1.04 bits per heavy atom. The van der Waals surface area contributed by atoms with E-state index in [2.05, 4.69) is 5.32 Å². The third-order valence-corrected chi connectivity index (χ3v) is 4.13. The van der Waals surface area contributed by atoms with Gasteiger partial charge in [-0.2, -0.15) is 0 Å². The topological polar surface area (TPSA) is 38.3 Å². The van der Waals surface area contributed by atoms with E-state index in [-0.39, 0.29) is 11.7 Å². The Bertz CT molecular complexity index is 646. The number of hydrogen-bond acceptors (Lipinski definition) is 2. The molecule has 23 heavy (non-hydrogen) atoms. The van der Waals surface area contributed by atoms with Crippen molar-refractivity contribution in [2.75, 3.05) is 0 Å². The van der Waals surface area contributed by atoms with Gasteiger partial charge in [0.05, 0.1) is 0 Å². The number of benzene rings is 2. The van der Waals surface area contributed by atoms with Gasteiger partial charge in [-0.05, 0) is 54.8 Å². The summed E-state index contributed by atoms with van der Waals surface area (Å²) < 4.78 is 18.5. The second kappa shape index (κ2) is 7.27. The van der Waals surface area contributed by atoms with Gasteiger partial charge in [0, 0.05) is 11.6 Å². The SMILES string of the molecule is O=C(NC1CCCC1)c1ccc(OCc2ccc(F)cc2)cc1. The number of halogens is 1. The first-order valence-corrected chi connectivity index (χ1v) is 7.99. The number of nitrogens with one attached hydrogen (secondary N) is 1. The van der Waals surface area contributed by atoms with E-state index in [1.54, 1.807) is 36.4 Å². The van der Waals surface area contributed by atoms with Crippen LogP contribution in [-0.2, 0) is 6.61 Å². The lowest BCUT2D eigenvalue weighted by Gasteiger charge is -2.12. The van der Waals surface area contributed by atoms with Gasteiger partial charge in [0.25, 0.3) is 5.91 Å². The summed E-state index contributed by atoms with van der Waals surface area (Å²) in [5.41, 5.74) is 1.54. The molecule has 1 amide bonds. The first kappa shape index (κ1) is 15.5. The van der Waals surface area contributed by atoms with E-state index < -0.39 is 0 Å². The fraction of sp³-hybridized carbons (Fsp3) is 0.316. The Kier molecular flexibility index (Phi) is 4.91. The van der Waals surface area contributed by atoms with Crippen molar-refractivity contribution in [3.63, 3.8) is 0 Å². The molecule has 1 aliphatic carbocycles. The summed E-state index contributed by atoms with van der Waals surface area (Å²) >= 11 is 0. The molecule has 2 aromatic rings. The zero-order valence-electron chi connectivity index (χ0n) is 12.9. The zero-order valence-corrected chi connectivity index (χ0v) is 12.9. The van der Waals surface area contributed by atoms with Crippen molar-refractivity contribution in [2.45, 2.75) is 38.3 Å². The quantitative estimate of drug-likeness (QED) is 0.903. The van der Waals surface area contributed by atoms with Gasteiger partial charge in [-0.15, -0.1) is 0 Å². The Morgan fingerprint density at radius 2 is 1.70 bits per heavy atom. The minimum absolute atomic E-state index is 0.0259. The van der Waals surface area contributed by atoms with Crippen LogP contribution < -0.4 is 10.1 Å². The average Bonchev–Trinajstić information content (AvgIpc) is 3.08. The highest BCUT2D eigenvalue weighted by Gasteiger charge is 2.17. The van der Waals surface area contributed by atoms with E-state index in [0.29, 0.717) is 24.0 Å². The molecule has 0 aromatic heterocycles. The molecule has 120 valence electrons. The number of rotatable bonds is 5. The van der Waals surface area contributed by atoms with Crippen LogP contribution in [0.1, 0.15) is 41.6 Å². The van der Waals surface area contributed by atoms with Gasteiger partial charge in [0.1, 0.15) is 18.2 Å². The average molecular weight is 313 g/mol. The van der Waals surface area contributed by atoms with Gasteiger partial charge in [-0.1, -0.05) is 25.0 Å². The van der Waals surface area contributed by atoms with Crippen LogP contribution in [0.5, 0.6) is 5.75 Å². The molecule has 0 heterocycles. The molecule has 0 saturated heterocycles. The summed E-state index contributed by atoms with van der Waals surface area (Å²) in [6, 6.07) is 13.6. The first-order chi connectivity index (χ1) is 11.2. The normalized spacial score (nSPS) is 14.7. The van der Waals surface area contributed by atoms with Gasteiger partial charge in [-0.3, -0.25) is 4.79 Å². The molecule has 0 unspecified atom stereocenters. The van der Waals surface area contributed by atoms with E-state index in [9.17, 15) is 9.18 Å². The number of ether oxygens (including phenoxy) is 1. The van der Waals surface area contributed by atoms with E-state index in [0.717, 1.165) is 18.4 Å². The van der Waals surface area contributed by atoms with Crippen LogP contribution in [0.3, 0.4) is 0 Å². The maximum atomic E-state index is 12.8. The van der Waals surface area contributed by atoms with Crippen LogP contribution in [0.15, 0.2) is 48.5 Å². The summed E-state index contributed by atoms with van der Waals surface area (Å²) in [5, 5.41) is 3.06. The monoisotopic (exact) mass is 313 g/mol. The second-order valence-electron chi connectivity index (χ2n) is 5.89. The maximum Gasteiger partial charge on any atom is 0.251 e. The molecule has 0 bridgehead atoms. The summed E-state index contributed by atoms with van der Waals surface area (Å²) in [5.74, 6) is 0.403. The van der Waals surface area contributed by atoms with Gasteiger partial charge >= 0.3 is 0 Å². The molecule has 2 aromatic carbocycles. The van der Waals surface area contributed by atoms with Gasteiger partial charge in [0.15, 0.2) is 0 Å². The Hall–Kier alpha value is -2.36. The molecule has 1 saturated carbocycles. The molecule has 1 aliphatic rings. The highest BCUT2D eigenvalue weighted by atomic mass is 19.1. The largest absolute Gasteiger partial charge is 0.489 e. The maximum absolute atomic E-state index is 12.8. The number of carbonyl (C=O) groups excluding carboxylic acids is 1. The highest BCUT2D eigenvalue weighted by Crippen LogP contribution is 2.19. The second-order valence-corrected chi connectivity index (χ2v) is 5.89. The summed E-state index contributed by atoms with van der Waals surface area (Å²) in [6.45, 7) is 0.369. The minimum atomic E-state index is -0.258. The predicted molar refractivity (Wildman–Crippen MR) is 86.9 cm³/mol. The molecular formula is C19H20FNO2. The van der Waals surface area contributed by atoms with Crippen molar-refractivity contribution < 1.29 is 13.9 Å². The lowest BCUT2D eigenvalue weighted by atomic mass is 10.1. The van der Waals surface area contributed by atoms with Crippen LogP contribution in [0, 0.1) is 5.82 Å². The van der Waals surface area contributed by atoms with Crippen molar-refractivity contribution in [3.05, 3.63) is 65.5 Å². The minimum Gasteiger partial charge on any atom is -0.489 e. The number of hydrogen-bond donors (Lipinski definition) is 1. The van der Waals surface area contributed by atoms with Crippen LogP contribution >= 0.6 is 0 Å². The molecule has 1 fully saturated rings. The molecule has 0 spiro atoms. The third-order valence-electron chi connectivity index (χ3n) is 4.13. The molecule has 0 aliphatic heterocycles. The lowest BCUT2D eigenvalue weighted by molar-refractivity contribution is 0.0938. The summed E-state index contributed by atoms with van der Waals surface area (Å²) in [7, 11) is 0. The van der Waals surface area contributed by atoms with E-state index in [1.165, 1.54) is 25.0 Å². The molecule has 3 rings (SSSR count). The van der Waals surface area contributed by atoms with Crippen LogP contribution in [-0.4, -0.2) is 11.9 Å². The Labute approximate surface area is 135 Å². The van der Waals surface area contributed by atoms with Gasteiger partial charge in [-0.25, -0.2) is 4.39 Å². The fourth-order valence-corrected chi connectivity index (χ4v) is 2.79. The summed E-state index contributed by atoms with van der Waals surface area (Å²) in [6.07, 6.45) is 4.54. The van der Waals surface area contributed by atoms with Crippen molar-refractivity contribution in [1.29, 1.82) is 0 Å². The van der Waals surface area contributed by atoms with Crippen molar-refractivity contribution in [3.8, 4) is 5.75 Å². The van der Waals surface area contributed by atoms with Crippen LogP contribution in [0.4, 0.5) is 4.39 Å². The fourth-order valence-electron chi connectivity index (χ4n) is 2.79. The van der Waals surface area contributed by atoms with Gasteiger partial charge < -0.3 is 10.1 Å². The lowest BCUT2D eigenvalue weighted by Crippen LogP contribution is -2.32. The highest BCUT2D eigenvalue weighted by molar-refractivity contribution is 5.94.